The highest BCUT2D eigenvalue weighted by atomic mass is 16.5. The molecule has 19 heavy (non-hydrogen) atoms. The molecule has 0 bridgehead atoms. The number of carbonyl (C=O) groups is 2. The number of methoxy groups -OCH3 is 1. The van der Waals surface area contributed by atoms with Crippen LogP contribution in [-0.2, 0) is 14.3 Å². The van der Waals surface area contributed by atoms with Crippen LogP contribution in [0, 0.1) is 11.3 Å². The van der Waals surface area contributed by atoms with Crippen LogP contribution in [0.1, 0.15) is 40.0 Å². The van der Waals surface area contributed by atoms with E-state index in [2.05, 4.69) is 6.92 Å². The Bertz CT molecular complexity index is 340. The number of carbonyl (C=O) groups excluding carboxylic acids is 1. The zero-order valence-corrected chi connectivity index (χ0v) is 12.3. The predicted molar refractivity (Wildman–Crippen MR) is 71.8 cm³/mol. The second kappa shape index (κ2) is 6.37. The zero-order chi connectivity index (χ0) is 14.6. The monoisotopic (exact) mass is 271 g/mol. The van der Waals surface area contributed by atoms with E-state index in [1.165, 1.54) is 0 Å². The SMILES string of the molecule is COC1CN(C(=O)CC(C)(C)CC(=O)O)CCC1C. The van der Waals surface area contributed by atoms with Crippen LogP contribution in [0.3, 0.4) is 0 Å². The lowest BCUT2D eigenvalue weighted by Crippen LogP contribution is -2.47. The Morgan fingerprint density at radius 3 is 2.53 bits per heavy atom. The molecular weight excluding hydrogens is 246 g/mol. The summed E-state index contributed by atoms with van der Waals surface area (Å²) in [4.78, 5) is 24.8. The Morgan fingerprint density at radius 1 is 1.37 bits per heavy atom. The minimum atomic E-state index is -0.861. The van der Waals surface area contributed by atoms with Gasteiger partial charge in [-0.15, -0.1) is 0 Å². The van der Waals surface area contributed by atoms with Crippen LogP contribution in [0.15, 0.2) is 0 Å². The third-order valence-corrected chi connectivity index (χ3v) is 3.80. The van der Waals surface area contributed by atoms with Gasteiger partial charge in [-0.2, -0.15) is 0 Å². The number of nitrogens with zero attached hydrogens (tertiary/aromatic N) is 1. The fourth-order valence-corrected chi connectivity index (χ4v) is 2.56. The number of amides is 1. The lowest BCUT2D eigenvalue weighted by atomic mass is 9.84. The molecule has 1 fully saturated rings. The molecule has 1 amide bonds. The van der Waals surface area contributed by atoms with Crippen LogP contribution in [-0.4, -0.2) is 48.2 Å². The molecule has 1 saturated heterocycles. The standard InChI is InChI=1S/C14H25NO4/c1-10-5-6-15(9-11(10)19-4)12(16)7-14(2,3)8-13(17)18/h10-11H,5-9H2,1-4H3,(H,17,18). The van der Waals surface area contributed by atoms with Crippen molar-refractivity contribution in [2.45, 2.75) is 46.1 Å². The first-order chi connectivity index (χ1) is 8.75. The summed E-state index contributed by atoms with van der Waals surface area (Å²) in [7, 11) is 1.67. The van der Waals surface area contributed by atoms with Crippen molar-refractivity contribution in [2.75, 3.05) is 20.2 Å². The van der Waals surface area contributed by atoms with E-state index in [1.54, 1.807) is 12.0 Å². The van der Waals surface area contributed by atoms with E-state index < -0.39 is 11.4 Å². The molecule has 1 aliphatic rings. The average Bonchev–Trinajstić information content (AvgIpc) is 2.26. The van der Waals surface area contributed by atoms with E-state index in [1.807, 2.05) is 13.8 Å². The highest BCUT2D eigenvalue weighted by Gasteiger charge is 2.32. The molecule has 0 aliphatic carbocycles. The van der Waals surface area contributed by atoms with Gasteiger partial charge in [0.1, 0.15) is 0 Å². The van der Waals surface area contributed by atoms with E-state index >= 15 is 0 Å². The van der Waals surface area contributed by atoms with Crippen molar-refractivity contribution in [3.05, 3.63) is 0 Å². The summed E-state index contributed by atoms with van der Waals surface area (Å²) in [5.41, 5.74) is -0.505. The molecule has 1 aliphatic heterocycles. The van der Waals surface area contributed by atoms with E-state index in [4.69, 9.17) is 9.84 Å². The van der Waals surface area contributed by atoms with Crippen LogP contribution < -0.4 is 0 Å². The molecule has 0 saturated carbocycles. The molecule has 0 aromatic carbocycles. The Balaban J connectivity index is 2.56. The topological polar surface area (TPSA) is 66.8 Å². The molecule has 0 spiro atoms. The van der Waals surface area contributed by atoms with Gasteiger partial charge < -0.3 is 14.7 Å². The molecule has 0 aromatic rings. The van der Waals surface area contributed by atoms with Gasteiger partial charge in [-0.1, -0.05) is 20.8 Å². The molecule has 1 N–H and O–H groups in total. The Morgan fingerprint density at radius 2 is 2.00 bits per heavy atom. The number of rotatable bonds is 5. The largest absolute Gasteiger partial charge is 0.481 e. The molecule has 2 atom stereocenters. The van der Waals surface area contributed by atoms with Gasteiger partial charge >= 0.3 is 5.97 Å². The lowest BCUT2D eigenvalue weighted by Gasteiger charge is -2.37. The fourth-order valence-electron chi connectivity index (χ4n) is 2.56. The van der Waals surface area contributed by atoms with E-state index in [0.29, 0.717) is 12.5 Å². The molecule has 110 valence electrons. The number of carboxylic acids is 1. The summed E-state index contributed by atoms with van der Waals surface area (Å²) in [6.07, 6.45) is 1.30. The van der Waals surface area contributed by atoms with Crippen LogP contribution >= 0.6 is 0 Å². The summed E-state index contributed by atoms with van der Waals surface area (Å²) in [5, 5.41) is 8.84. The fraction of sp³-hybridized carbons (Fsp3) is 0.857. The van der Waals surface area contributed by atoms with Crippen molar-refractivity contribution in [3.8, 4) is 0 Å². The van der Waals surface area contributed by atoms with Crippen LogP contribution in [0.5, 0.6) is 0 Å². The number of ether oxygens (including phenoxy) is 1. The maximum absolute atomic E-state index is 12.2. The summed E-state index contributed by atoms with van der Waals surface area (Å²) >= 11 is 0. The van der Waals surface area contributed by atoms with Crippen molar-refractivity contribution < 1.29 is 19.4 Å². The van der Waals surface area contributed by atoms with Crippen LogP contribution in [0.4, 0.5) is 0 Å². The van der Waals surface area contributed by atoms with Crippen molar-refractivity contribution in [2.24, 2.45) is 11.3 Å². The van der Waals surface area contributed by atoms with Crippen molar-refractivity contribution >= 4 is 11.9 Å². The van der Waals surface area contributed by atoms with Gasteiger partial charge in [0, 0.05) is 26.6 Å². The third-order valence-electron chi connectivity index (χ3n) is 3.80. The first-order valence-electron chi connectivity index (χ1n) is 6.77. The number of piperidine rings is 1. The van der Waals surface area contributed by atoms with Crippen molar-refractivity contribution in [1.82, 2.24) is 4.90 Å². The Kier molecular flexibility index (Phi) is 5.35. The minimum absolute atomic E-state index is 0.0106. The van der Waals surface area contributed by atoms with Gasteiger partial charge in [-0.25, -0.2) is 0 Å². The van der Waals surface area contributed by atoms with Gasteiger partial charge in [-0.05, 0) is 17.8 Å². The number of likely N-dealkylation sites (tertiary alicyclic amines) is 1. The normalized spacial score (nSPS) is 24.3. The van der Waals surface area contributed by atoms with Crippen LogP contribution in [0.25, 0.3) is 0 Å². The molecule has 2 unspecified atom stereocenters. The third kappa shape index (κ3) is 4.82. The molecule has 1 rings (SSSR count). The Labute approximate surface area is 114 Å². The summed E-state index contributed by atoms with van der Waals surface area (Å²) < 4.78 is 5.39. The highest BCUT2D eigenvalue weighted by Crippen LogP contribution is 2.28. The number of carboxylic acid groups (broad SMARTS) is 1. The van der Waals surface area contributed by atoms with Gasteiger partial charge in [0.15, 0.2) is 0 Å². The summed E-state index contributed by atoms with van der Waals surface area (Å²) in [6.45, 7) is 7.12. The maximum atomic E-state index is 12.2. The number of hydrogen-bond acceptors (Lipinski definition) is 3. The van der Waals surface area contributed by atoms with Gasteiger partial charge in [0.25, 0.3) is 0 Å². The molecule has 0 radical (unpaired) electrons. The predicted octanol–water partition coefficient (Wildman–Crippen LogP) is 1.76. The van der Waals surface area contributed by atoms with Gasteiger partial charge in [0.2, 0.25) is 5.91 Å². The second-order valence-electron chi connectivity index (χ2n) is 6.29. The molecule has 1 heterocycles. The minimum Gasteiger partial charge on any atom is -0.481 e. The highest BCUT2D eigenvalue weighted by molar-refractivity contribution is 5.78. The second-order valence-corrected chi connectivity index (χ2v) is 6.29. The van der Waals surface area contributed by atoms with Gasteiger partial charge in [0.05, 0.1) is 12.5 Å². The van der Waals surface area contributed by atoms with E-state index in [9.17, 15) is 9.59 Å². The smallest absolute Gasteiger partial charge is 0.303 e. The molecular formula is C14H25NO4. The first kappa shape index (κ1) is 16.0. The zero-order valence-electron chi connectivity index (χ0n) is 12.3. The van der Waals surface area contributed by atoms with Crippen molar-refractivity contribution in [1.29, 1.82) is 0 Å². The number of hydrogen-bond donors (Lipinski definition) is 1. The summed E-state index contributed by atoms with van der Waals surface area (Å²) in [5.74, 6) is -0.374. The first-order valence-corrected chi connectivity index (χ1v) is 6.77. The quantitative estimate of drug-likeness (QED) is 0.827. The van der Waals surface area contributed by atoms with E-state index in [-0.39, 0.29) is 24.9 Å². The van der Waals surface area contributed by atoms with Crippen molar-refractivity contribution in [3.63, 3.8) is 0 Å². The maximum Gasteiger partial charge on any atom is 0.303 e. The molecule has 0 aromatic heterocycles. The van der Waals surface area contributed by atoms with E-state index in [0.717, 1.165) is 13.0 Å². The average molecular weight is 271 g/mol. The Hall–Kier alpha value is -1.10. The van der Waals surface area contributed by atoms with Crippen LogP contribution in [0.2, 0.25) is 0 Å². The number of aliphatic carboxylic acids is 1. The molecule has 5 nitrogen and oxygen atoms in total. The molecule has 5 heteroatoms. The van der Waals surface area contributed by atoms with Gasteiger partial charge in [-0.3, -0.25) is 9.59 Å². The lowest BCUT2D eigenvalue weighted by molar-refractivity contribution is -0.142. The summed E-state index contributed by atoms with van der Waals surface area (Å²) in [6, 6.07) is 0.